The molecule has 2 aromatic rings. The first kappa shape index (κ1) is 12.4. The highest BCUT2D eigenvalue weighted by Gasteiger charge is 2.06. The Morgan fingerprint density at radius 3 is 2.61 bits per heavy atom. The van der Waals surface area contributed by atoms with Crippen LogP contribution in [0.2, 0.25) is 0 Å². The molecular formula is C15H17NO2. The van der Waals surface area contributed by atoms with Crippen molar-refractivity contribution >= 4 is 5.78 Å². The number of ketones is 1. The van der Waals surface area contributed by atoms with E-state index in [1.807, 2.05) is 42.1 Å². The first-order valence-corrected chi connectivity index (χ1v) is 6.16. The van der Waals surface area contributed by atoms with E-state index in [2.05, 4.69) is 0 Å². The Labute approximate surface area is 107 Å². The Hall–Kier alpha value is -2.03. The molecule has 3 heteroatoms. The SMILES string of the molecule is CCCC(=O)c1ccn(Cc2ccc(O)cc2)c1. The number of aromatic hydroxyl groups is 1. The van der Waals surface area contributed by atoms with Gasteiger partial charge in [-0.3, -0.25) is 4.79 Å². The molecule has 2 rings (SSSR count). The van der Waals surface area contributed by atoms with Crippen molar-refractivity contribution in [2.75, 3.05) is 0 Å². The second-order valence-electron chi connectivity index (χ2n) is 4.41. The quantitative estimate of drug-likeness (QED) is 0.819. The first-order valence-electron chi connectivity index (χ1n) is 6.16. The van der Waals surface area contributed by atoms with Gasteiger partial charge in [0, 0.05) is 30.9 Å². The van der Waals surface area contributed by atoms with Crippen LogP contribution >= 0.6 is 0 Å². The van der Waals surface area contributed by atoms with Crippen molar-refractivity contribution in [2.24, 2.45) is 0 Å². The van der Waals surface area contributed by atoms with Gasteiger partial charge in [0.05, 0.1) is 0 Å². The summed E-state index contributed by atoms with van der Waals surface area (Å²) in [6, 6.07) is 8.95. The third kappa shape index (κ3) is 3.00. The standard InChI is InChI=1S/C15H17NO2/c1-2-3-15(18)13-8-9-16(11-13)10-12-4-6-14(17)7-5-12/h4-9,11,17H,2-3,10H2,1H3. The van der Waals surface area contributed by atoms with Crippen LogP contribution in [0.25, 0.3) is 0 Å². The molecular weight excluding hydrogens is 226 g/mol. The highest BCUT2D eigenvalue weighted by atomic mass is 16.3. The topological polar surface area (TPSA) is 42.2 Å². The molecule has 0 spiro atoms. The summed E-state index contributed by atoms with van der Waals surface area (Å²) in [4.78, 5) is 11.7. The van der Waals surface area contributed by atoms with Crippen molar-refractivity contribution in [1.29, 1.82) is 0 Å². The molecule has 94 valence electrons. The van der Waals surface area contributed by atoms with Crippen LogP contribution in [0.1, 0.15) is 35.7 Å². The lowest BCUT2D eigenvalue weighted by Gasteiger charge is -2.03. The number of rotatable bonds is 5. The number of hydrogen-bond donors (Lipinski definition) is 1. The van der Waals surface area contributed by atoms with Gasteiger partial charge in [-0.2, -0.15) is 0 Å². The van der Waals surface area contributed by atoms with Gasteiger partial charge in [0.1, 0.15) is 5.75 Å². The molecule has 0 aliphatic carbocycles. The predicted molar refractivity (Wildman–Crippen MR) is 70.9 cm³/mol. The minimum atomic E-state index is 0.196. The Bertz CT molecular complexity index is 526. The lowest BCUT2D eigenvalue weighted by molar-refractivity contribution is 0.0981. The van der Waals surface area contributed by atoms with Gasteiger partial charge in [0.2, 0.25) is 0 Å². The average Bonchev–Trinajstić information content (AvgIpc) is 2.81. The summed E-state index contributed by atoms with van der Waals surface area (Å²) in [5.41, 5.74) is 1.87. The number of benzene rings is 1. The van der Waals surface area contributed by atoms with Gasteiger partial charge in [0.25, 0.3) is 0 Å². The summed E-state index contributed by atoms with van der Waals surface area (Å²) in [5.74, 6) is 0.465. The van der Waals surface area contributed by atoms with Crippen molar-refractivity contribution in [3.63, 3.8) is 0 Å². The molecule has 0 aliphatic rings. The fraction of sp³-hybridized carbons (Fsp3) is 0.267. The smallest absolute Gasteiger partial charge is 0.164 e. The third-order valence-corrected chi connectivity index (χ3v) is 2.85. The molecule has 3 nitrogen and oxygen atoms in total. The van der Waals surface area contributed by atoms with Crippen molar-refractivity contribution in [2.45, 2.75) is 26.3 Å². The number of aromatic nitrogens is 1. The zero-order valence-electron chi connectivity index (χ0n) is 10.5. The van der Waals surface area contributed by atoms with Gasteiger partial charge in [-0.15, -0.1) is 0 Å². The number of hydrogen-bond acceptors (Lipinski definition) is 2. The molecule has 0 unspecified atom stereocenters. The summed E-state index contributed by atoms with van der Waals surface area (Å²) in [5, 5.41) is 9.21. The van der Waals surface area contributed by atoms with E-state index in [1.165, 1.54) is 0 Å². The van der Waals surface area contributed by atoms with E-state index in [1.54, 1.807) is 12.1 Å². The molecule has 0 aliphatic heterocycles. The second kappa shape index (κ2) is 5.54. The van der Waals surface area contributed by atoms with Crippen LogP contribution < -0.4 is 0 Å². The molecule has 0 saturated carbocycles. The van der Waals surface area contributed by atoms with Crippen LogP contribution in [0.4, 0.5) is 0 Å². The maximum Gasteiger partial charge on any atom is 0.164 e. The van der Waals surface area contributed by atoms with Crippen LogP contribution in [0.3, 0.4) is 0 Å². The summed E-state index contributed by atoms with van der Waals surface area (Å²) in [6.45, 7) is 2.71. The minimum Gasteiger partial charge on any atom is -0.508 e. The molecule has 1 aromatic carbocycles. The minimum absolute atomic E-state index is 0.196. The number of Topliss-reactive ketones (excluding diaryl/α,β-unsaturated/α-hetero) is 1. The highest BCUT2D eigenvalue weighted by molar-refractivity contribution is 5.95. The van der Waals surface area contributed by atoms with Crippen molar-refractivity contribution in [1.82, 2.24) is 4.57 Å². The van der Waals surface area contributed by atoms with E-state index in [4.69, 9.17) is 0 Å². The van der Waals surface area contributed by atoms with Gasteiger partial charge < -0.3 is 9.67 Å². The van der Waals surface area contributed by atoms with Crippen LogP contribution in [-0.2, 0) is 6.54 Å². The van der Waals surface area contributed by atoms with Crippen LogP contribution in [0.15, 0.2) is 42.7 Å². The molecule has 1 heterocycles. The lowest BCUT2D eigenvalue weighted by Crippen LogP contribution is -1.98. The van der Waals surface area contributed by atoms with Crippen LogP contribution in [0, 0.1) is 0 Å². The van der Waals surface area contributed by atoms with Gasteiger partial charge in [-0.25, -0.2) is 0 Å². The van der Waals surface area contributed by atoms with Crippen molar-refractivity contribution in [3.8, 4) is 5.75 Å². The average molecular weight is 243 g/mol. The summed E-state index contributed by atoms with van der Waals surface area (Å²) in [7, 11) is 0. The predicted octanol–water partition coefficient (Wildman–Crippen LogP) is 3.22. The summed E-state index contributed by atoms with van der Waals surface area (Å²) >= 11 is 0. The number of phenolic OH excluding ortho intramolecular Hbond substituents is 1. The van der Waals surface area contributed by atoms with E-state index >= 15 is 0 Å². The van der Waals surface area contributed by atoms with Gasteiger partial charge in [-0.05, 0) is 30.2 Å². The number of carbonyl (C=O) groups excluding carboxylic acids is 1. The Kier molecular flexibility index (Phi) is 3.82. The van der Waals surface area contributed by atoms with E-state index in [0.29, 0.717) is 13.0 Å². The van der Waals surface area contributed by atoms with Crippen LogP contribution in [-0.4, -0.2) is 15.5 Å². The van der Waals surface area contributed by atoms with E-state index in [9.17, 15) is 9.90 Å². The molecule has 1 N–H and O–H groups in total. The molecule has 0 amide bonds. The Morgan fingerprint density at radius 2 is 1.94 bits per heavy atom. The van der Waals surface area contributed by atoms with Crippen LogP contribution in [0.5, 0.6) is 5.75 Å². The second-order valence-corrected chi connectivity index (χ2v) is 4.41. The van der Waals surface area contributed by atoms with Gasteiger partial charge >= 0.3 is 0 Å². The fourth-order valence-electron chi connectivity index (χ4n) is 1.89. The monoisotopic (exact) mass is 243 g/mol. The number of carbonyl (C=O) groups is 1. The van der Waals surface area contributed by atoms with Crippen molar-refractivity contribution in [3.05, 3.63) is 53.9 Å². The lowest BCUT2D eigenvalue weighted by atomic mass is 10.1. The zero-order chi connectivity index (χ0) is 13.0. The number of nitrogens with zero attached hydrogens (tertiary/aromatic N) is 1. The normalized spacial score (nSPS) is 10.5. The highest BCUT2D eigenvalue weighted by Crippen LogP contribution is 2.12. The van der Waals surface area contributed by atoms with E-state index in [0.717, 1.165) is 17.5 Å². The third-order valence-electron chi connectivity index (χ3n) is 2.85. The Balaban J connectivity index is 2.06. The molecule has 0 bridgehead atoms. The first-order chi connectivity index (χ1) is 8.69. The molecule has 0 atom stereocenters. The van der Waals surface area contributed by atoms with E-state index < -0.39 is 0 Å². The van der Waals surface area contributed by atoms with Gasteiger partial charge in [0.15, 0.2) is 5.78 Å². The summed E-state index contributed by atoms with van der Waals surface area (Å²) in [6.07, 6.45) is 5.27. The number of phenols is 1. The molecule has 0 fully saturated rings. The Morgan fingerprint density at radius 1 is 1.22 bits per heavy atom. The zero-order valence-corrected chi connectivity index (χ0v) is 10.5. The largest absolute Gasteiger partial charge is 0.508 e. The molecule has 0 radical (unpaired) electrons. The van der Waals surface area contributed by atoms with Crippen molar-refractivity contribution < 1.29 is 9.90 Å². The maximum absolute atomic E-state index is 11.7. The maximum atomic E-state index is 11.7. The van der Waals surface area contributed by atoms with E-state index in [-0.39, 0.29) is 11.5 Å². The molecule has 0 saturated heterocycles. The molecule has 18 heavy (non-hydrogen) atoms. The fourth-order valence-corrected chi connectivity index (χ4v) is 1.89. The molecule has 1 aromatic heterocycles. The summed E-state index contributed by atoms with van der Waals surface area (Å²) < 4.78 is 1.98. The van der Waals surface area contributed by atoms with Gasteiger partial charge in [-0.1, -0.05) is 19.1 Å².